The Hall–Kier alpha value is -0.830. The molecular weight excluding hydrogens is 278 g/mol. The zero-order valence-electron chi connectivity index (χ0n) is 10.3. The predicted octanol–water partition coefficient (Wildman–Crippen LogP) is 3.74. The van der Waals surface area contributed by atoms with E-state index in [1.54, 1.807) is 0 Å². The van der Waals surface area contributed by atoms with E-state index < -0.39 is 0 Å². The lowest BCUT2D eigenvalue weighted by Gasteiger charge is -2.37. The summed E-state index contributed by atoms with van der Waals surface area (Å²) >= 11 is 3.41. The van der Waals surface area contributed by atoms with Gasteiger partial charge in [-0.3, -0.25) is 4.79 Å². The molecule has 0 aromatic heterocycles. The summed E-state index contributed by atoms with van der Waals surface area (Å²) in [6, 6.07) is 5.94. The van der Waals surface area contributed by atoms with Gasteiger partial charge in [-0.1, -0.05) is 29.8 Å². The number of nitrogens with zero attached hydrogens (tertiary/aromatic N) is 1. The molecule has 0 bridgehead atoms. The van der Waals surface area contributed by atoms with Crippen LogP contribution in [0.5, 0.6) is 0 Å². The molecule has 0 saturated carbocycles. The van der Waals surface area contributed by atoms with Gasteiger partial charge in [-0.2, -0.15) is 0 Å². The van der Waals surface area contributed by atoms with Crippen molar-refractivity contribution in [1.29, 1.82) is 0 Å². The minimum Gasteiger partial charge on any atom is -0.371 e. The van der Waals surface area contributed by atoms with E-state index in [0.29, 0.717) is 5.92 Å². The number of anilines is 1. The monoisotopic (exact) mass is 295 g/mol. The van der Waals surface area contributed by atoms with Crippen molar-refractivity contribution >= 4 is 27.9 Å². The summed E-state index contributed by atoms with van der Waals surface area (Å²) in [6.45, 7) is 6.69. The van der Waals surface area contributed by atoms with E-state index >= 15 is 0 Å². The molecule has 0 radical (unpaired) electrons. The Labute approximate surface area is 111 Å². The van der Waals surface area contributed by atoms with E-state index in [-0.39, 0.29) is 0 Å². The van der Waals surface area contributed by atoms with Crippen LogP contribution in [-0.4, -0.2) is 19.4 Å². The van der Waals surface area contributed by atoms with Gasteiger partial charge in [0.15, 0.2) is 6.29 Å². The average Bonchev–Trinajstić information content (AvgIpc) is 2.32. The van der Waals surface area contributed by atoms with Gasteiger partial charge in [0, 0.05) is 28.8 Å². The Morgan fingerprint density at radius 2 is 2.12 bits per heavy atom. The number of benzene rings is 1. The Kier molecular flexibility index (Phi) is 3.87. The smallest absolute Gasteiger partial charge is 0.152 e. The number of aldehydes is 1. The van der Waals surface area contributed by atoms with E-state index in [9.17, 15) is 4.79 Å². The maximum atomic E-state index is 11.1. The number of piperidine rings is 1. The van der Waals surface area contributed by atoms with Crippen LogP contribution in [0.15, 0.2) is 22.7 Å². The van der Waals surface area contributed by atoms with Crippen molar-refractivity contribution in [3.8, 4) is 0 Å². The fraction of sp³-hybridized carbons (Fsp3) is 0.500. The van der Waals surface area contributed by atoms with E-state index in [1.165, 1.54) is 6.42 Å². The maximum absolute atomic E-state index is 11.1. The van der Waals surface area contributed by atoms with Gasteiger partial charge in [0.05, 0.1) is 0 Å². The molecule has 1 aromatic rings. The summed E-state index contributed by atoms with van der Waals surface area (Å²) in [5.41, 5.74) is 1.85. The highest BCUT2D eigenvalue weighted by Crippen LogP contribution is 2.30. The molecule has 2 nitrogen and oxygen atoms in total. The lowest BCUT2D eigenvalue weighted by molar-refractivity contribution is 0.112. The topological polar surface area (TPSA) is 20.3 Å². The number of carbonyl (C=O) groups excluding carboxylic acids is 1. The van der Waals surface area contributed by atoms with Crippen molar-refractivity contribution in [2.45, 2.75) is 20.3 Å². The zero-order chi connectivity index (χ0) is 12.4. The quantitative estimate of drug-likeness (QED) is 0.775. The van der Waals surface area contributed by atoms with Gasteiger partial charge in [-0.15, -0.1) is 0 Å². The van der Waals surface area contributed by atoms with Gasteiger partial charge in [0.2, 0.25) is 0 Å². The van der Waals surface area contributed by atoms with Crippen LogP contribution in [0.2, 0.25) is 0 Å². The standard InChI is InChI=1S/C14H18BrNO/c1-10-5-6-16(8-11(10)2)14-4-3-13(15)7-12(14)9-17/h3-4,7,9-11H,5-6,8H2,1-2H3. The molecule has 17 heavy (non-hydrogen) atoms. The van der Waals surface area contributed by atoms with Crippen LogP contribution >= 0.6 is 15.9 Å². The normalized spacial score (nSPS) is 24.8. The van der Waals surface area contributed by atoms with Crippen LogP contribution in [0.25, 0.3) is 0 Å². The molecule has 3 heteroatoms. The van der Waals surface area contributed by atoms with Crippen LogP contribution in [0.3, 0.4) is 0 Å². The fourth-order valence-corrected chi connectivity index (χ4v) is 2.77. The first kappa shape index (κ1) is 12.6. The molecule has 0 amide bonds. The van der Waals surface area contributed by atoms with Gasteiger partial charge >= 0.3 is 0 Å². The van der Waals surface area contributed by atoms with Crippen LogP contribution in [-0.2, 0) is 0 Å². The molecule has 1 aliphatic rings. The second-order valence-corrected chi connectivity index (χ2v) is 5.93. The Morgan fingerprint density at radius 3 is 2.76 bits per heavy atom. The highest BCUT2D eigenvalue weighted by Gasteiger charge is 2.23. The highest BCUT2D eigenvalue weighted by molar-refractivity contribution is 9.10. The first-order valence-corrected chi connectivity index (χ1v) is 6.90. The third kappa shape index (κ3) is 2.71. The van der Waals surface area contributed by atoms with Gasteiger partial charge in [0.25, 0.3) is 0 Å². The van der Waals surface area contributed by atoms with Crippen molar-refractivity contribution in [3.05, 3.63) is 28.2 Å². The predicted molar refractivity (Wildman–Crippen MR) is 74.7 cm³/mol. The molecule has 2 atom stereocenters. The van der Waals surface area contributed by atoms with Crippen molar-refractivity contribution in [2.24, 2.45) is 11.8 Å². The van der Waals surface area contributed by atoms with Crippen molar-refractivity contribution < 1.29 is 4.79 Å². The fourth-order valence-electron chi connectivity index (χ4n) is 2.39. The lowest BCUT2D eigenvalue weighted by atomic mass is 9.88. The third-order valence-electron chi connectivity index (χ3n) is 3.79. The van der Waals surface area contributed by atoms with Crippen LogP contribution in [0, 0.1) is 11.8 Å². The van der Waals surface area contributed by atoms with E-state index in [2.05, 4.69) is 34.7 Å². The molecule has 0 spiro atoms. The molecule has 1 aliphatic heterocycles. The molecule has 1 fully saturated rings. The molecule has 0 aliphatic carbocycles. The van der Waals surface area contributed by atoms with Crippen molar-refractivity contribution in [2.75, 3.05) is 18.0 Å². The summed E-state index contributed by atoms with van der Waals surface area (Å²) in [5.74, 6) is 1.47. The number of hydrogen-bond acceptors (Lipinski definition) is 2. The largest absolute Gasteiger partial charge is 0.371 e. The number of rotatable bonds is 2. The number of carbonyl (C=O) groups is 1. The molecule has 1 heterocycles. The first-order valence-electron chi connectivity index (χ1n) is 6.11. The van der Waals surface area contributed by atoms with Crippen LogP contribution in [0.4, 0.5) is 5.69 Å². The molecule has 1 saturated heterocycles. The summed E-state index contributed by atoms with van der Waals surface area (Å²) in [6.07, 6.45) is 2.15. The summed E-state index contributed by atoms with van der Waals surface area (Å²) < 4.78 is 0.960. The molecule has 92 valence electrons. The second kappa shape index (κ2) is 5.21. The highest BCUT2D eigenvalue weighted by atomic mass is 79.9. The number of hydrogen-bond donors (Lipinski definition) is 0. The number of halogens is 1. The van der Waals surface area contributed by atoms with Crippen molar-refractivity contribution in [3.63, 3.8) is 0 Å². The Bertz CT molecular complexity index is 419. The van der Waals surface area contributed by atoms with Crippen LogP contribution in [0.1, 0.15) is 30.6 Å². The Balaban J connectivity index is 2.25. The minimum atomic E-state index is 0.687. The summed E-state index contributed by atoms with van der Waals surface area (Å²) in [4.78, 5) is 13.5. The summed E-state index contributed by atoms with van der Waals surface area (Å²) in [5, 5.41) is 0. The van der Waals surface area contributed by atoms with Crippen LogP contribution < -0.4 is 4.90 Å². The SMILES string of the molecule is CC1CCN(c2ccc(Br)cc2C=O)CC1C. The van der Waals surface area contributed by atoms with Gasteiger partial charge in [-0.05, 0) is 36.5 Å². The van der Waals surface area contributed by atoms with Crippen molar-refractivity contribution in [1.82, 2.24) is 0 Å². The van der Waals surface area contributed by atoms with Gasteiger partial charge in [0.1, 0.15) is 0 Å². The van der Waals surface area contributed by atoms with Gasteiger partial charge < -0.3 is 4.90 Å². The second-order valence-electron chi connectivity index (χ2n) is 5.01. The summed E-state index contributed by atoms with van der Waals surface area (Å²) in [7, 11) is 0. The molecule has 2 rings (SSSR count). The lowest BCUT2D eigenvalue weighted by Crippen LogP contribution is -2.38. The molecule has 1 aromatic carbocycles. The van der Waals surface area contributed by atoms with Gasteiger partial charge in [-0.25, -0.2) is 0 Å². The average molecular weight is 296 g/mol. The molecular formula is C14H18BrNO. The molecule has 0 N–H and O–H groups in total. The maximum Gasteiger partial charge on any atom is 0.152 e. The van der Waals surface area contributed by atoms with E-state index in [0.717, 1.165) is 41.0 Å². The Morgan fingerprint density at radius 1 is 1.35 bits per heavy atom. The van der Waals surface area contributed by atoms with E-state index in [1.807, 2.05) is 18.2 Å². The minimum absolute atomic E-state index is 0.687. The zero-order valence-corrected chi connectivity index (χ0v) is 11.9. The first-order chi connectivity index (χ1) is 8.11. The van der Waals surface area contributed by atoms with E-state index in [4.69, 9.17) is 0 Å². The third-order valence-corrected chi connectivity index (χ3v) is 4.28. The molecule has 2 unspecified atom stereocenters.